The predicted octanol–water partition coefficient (Wildman–Crippen LogP) is 7.72. The minimum Gasteiger partial charge on any atom is -0.481 e. The Morgan fingerprint density at radius 2 is 1.57 bits per heavy atom. The van der Waals surface area contributed by atoms with Gasteiger partial charge in [0.15, 0.2) is 11.6 Å². The number of ketones is 1. The molecule has 60 heavy (non-hydrogen) atoms. The summed E-state index contributed by atoms with van der Waals surface area (Å²) in [6.45, 7) is 25.0. The molecule has 0 radical (unpaired) electrons. The highest BCUT2D eigenvalue weighted by Gasteiger charge is 2.63. The van der Waals surface area contributed by atoms with E-state index in [1.807, 2.05) is 53.7 Å². The van der Waals surface area contributed by atoms with Crippen LogP contribution < -0.4 is 5.32 Å². The summed E-state index contributed by atoms with van der Waals surface area (Å²) < 4.78 is 40.1. The van der Waals surface area contributed by atoms with Gasteiger partial charge in [0.05, 0.1) is 53.7 Å². The Kier molecular flexibility index (Phi) is 15.1. The molecule has 4 fully saturated rings. The van der Waals surface area contributed by atoms with Gasteiger partial charge in [0.2, 0.25) is 0 Å². The molecule has 0 bridgehead atoms. The maximum atomic E-state index is 14.6. The number of ether oxygens (including phenoxy) is 6. The summed E-state index contributed by atoms with van der Waals surface area (Å²) in [6, 6.07) is -0.741. The zero-order chi connectivity index (χ0) is 44.7. The molecule has 0 aromatic rings. The van der Waals surface area contributed by atoms with Crippen molar-refractivity contribution in [3.05, 3.63) is 12.2 Å². The van der Waals surface area contributed by atoms with E-state index in [0.29, 0.717) is 57.8 Å². The van der Waals surface area contributed by atoms with E-state index in [-0.39, 0.29) is 29.6 Å². The smallest absolute Gasteiger partial charge is 0.408 e. The number of hydrogen-bond donors (Lipinski definition) is 4. The summed E-state index contributed by atoms with van der Waals surface area (Å²) in [5, 5.41) is 35.9. The lowest BCUT2D eigenvalue weighted by Crippen LogP contribution is -2.66. The first-order valence-electron chi connectivity index (χ1n) is 23.1. The SMILES string of the molecule is CC[C@@H](C(=O)[C@@H](C)[C@@H](O)[C@H](C)[C@@H]1O[C@@H]([C@@H](CC)C(=O)O)CC[C@@H]1C)[C@H]1O[C@]2(C=CC(NC(=O)OC(C)(C)C)[C@]3(CC[C@@](C)([C@H]4CC[C@](O)(CC)[C@H](C)O4)O3)O2)[C@H](C)C[C@@H]1C. The third-order valence-electron chi connectivity index (χ3n) is 15.2. The number of carbonyl (C=O) groups excluding carboxylic acids is 2. The lowest BCUT2D eigenvalue weighted by molar-refractivity contribution is -0.398. The lowest BCUT2D eigenvalue weighted by atomic mass is 9.72. The van der Waals surface area contributed by atoms with Crippen molar-refractivity contribution in [2.45, 2.75) is 225 Å². The molecule has 344 valence electrons. The van der Waals surface area contributed by atoms with Gasteiger partial charge in [0.1, 0.15) is 17.4 Å². The Hall–Kier alpha value is -2.13. The molecule has 4 N–H and O–H groups in total. The van der Waals surface area contributed by atoms with Crippen molar-refractivity contribution in [3.8, 4) is 0 Å². The first kappa shape index (κ1) is 48.9. The highest BCUT2D eigenvalue weighted by atomic mass is 16.8. The number of alkyl carbamates (subject to hydrolysis) is 1. The summed E-state index contributed by atoms with van der Waals surface area (Å²) in [5.74, 6) is -6.10. The van der Waals surface area contributed by atoms with Gasteiger partial charge >= 0.3 is 12.1 Å². The molecule has 1 unspecified atom stereocenters. The summed E-state index contributed by atoms with van der Waals surface area (Å²) in [7, 11) is 0. The first-order valence-corrected chi connectivity index (χ1v) is 23.1. The number of rotatable bonds is 13. The van der Waals surface area contributed by atoms with E-state index in [4.69, 9.17) is 28.4 Å². The molecule has 0 aliphatic carbocycles. The lowest BCUT2D eigenvalue weighted by Gasteiger charge is -2.55. The molecule has 13 nitrogen and oxygen atoms in total. The highest BCUT2D eigenvalue weighted by Crippen LogP contribution is 2.54. The van der Waals surface area contributed by atoms with Gasteiger partial charge in [-0.1, -0.05) is 61.5 Å². The molecule has 0 aromatic heterocycles. The van der Waals surface area contributed by atoms with Gasteiger partial charge < -0.3 is 49.1 Å². The van der Waals surface area contributed by atoms with Crippen LogP contribution in [0, 0.1) is 41.4 Å². The van der Waals surface area contributed by atoms with Crippen molar-refractivity contribution in [1.29, 1.82) is 0 Å². The van der Waals surface area contributed by atoms with Gasteiger partial charge in [-0.3, -0.25) is 9.59 Å². The molecule has 0 saturated carbocycles. The summed E-state index contributed by atoms with van der Waals surface area (Å²) in [4.78, 5) is 40.0. The Balaban J connectivity index is 1.40. The quantitative estimate of drug-likeness (QED) is 0.133. The largest absolute Gasteiger partial charge is 0.481 e. The number of nitrogens with one attached hydrogen (secondary N) is 1. The molecule has 5 aliphatic heterocycles. The molecule has 18 atom stereocenters. The second kappa shape index (κ2) is 18.5. The van der Waals surface area contributed by atoms with Crippen LogP contribution >= 0.6 is 0 Å². The van der Waals surface area contributed by atoms with Crippen molar-refractivity contribution < 1.29 is 58.1 Å². The zero-order valence-electron chi connectivity index (χ0n) is 38.8. The molecule has 5 aliphatic rings. The van der Waals surface area contributed by atoms with Gasteiger partial charge in [0, 0.05) is 30.1 Å². The van der Waals surface area contributed by atoms with E-state index in [0.717, 1.165) is 6.42 Å². The standard InChI is InChI=1S/C47H79NO12/c1-14-32(41(51)52)34-18-17-26(4)39(56-34)30(8)37(49)29(7)38(50)33(15-2)40-27(5)25-28(6)46(57-40)22-19-35(48-42(53)58-43(10,11)12)47(60-46)24-23-44(13,59-47)36-20-21-45(54,16-3)31(9)55-36/h19,22,26-37,39-40,49,54H,14-18,20-21,23-25H2,1-13H3,(H,48,53)(H,51,52)/t26-,27-,28+,29-,30-,31-,32+,33-,34+,35?,36+,37+,39+,40-,44-,45+,46-,47-/m0/s1. The topological polar surface area (TPSA) is 179 Å². The zero-order valence-corrected chi connectivity index (χ0v) is 38.8. The Bertz CT molecular complexity index is 1550. The van der Waals surface area contributed by atoms with Crippen molar-refractivity contribution in [2.75, 3.05) is 0 Å². The van der Waals surface area contributed by atoms with Crippen LogP contribution in [0.25, 0.3) is 0 Å². The van der Waals surface area contributed by atoms with Gasteiger partial charge in [-0.25, -0.2) is 4.79 Å². The number of aliphatic hydroxyl groups is 2. The number of amides is 1. The van der Waals surface area contributed by atoms with Crippen molar-refractivity contribution >= 4 is 17.8 Å². The number of aliphatic hydroxyl groups excluding tert-OH is 1. The predicted molar refractivity (Wildman–Crippen MR) is 226 cm³/mol. The molecule has 5 heterocycles. The van der Waals surface area contributed by atoms with E-state index >= 15 is 0 Å². The molecule has 4 saturated heterocycles. The molecule has 2 spiro atoms. The average molecular weight is 850 g/mol. The van der Waals surface area contributed by atoms with Crippen LogP contribution in [-0.4, -0.2) is 104 Å². The van der Waals surface area contributed by atoms with Gasteiger partial charge in [0.25, 0.3) is 0 Å². The number of aliphatic carboxylic acids is 1. The minimum absolute atomic E-state index is 0.0273. The molecular formula is C47H79NO12. The summed E-state index contributed by atoms with van der Waals surface area (Å²) in [6.07, 6.45) is 5.73. The van der Waals surface area contributed by atoms with Gasteiger partial charge in [-0.05, 0) is 110 Å². The number of hydrogen-bond acceptors (Lipinski definition) is 11. The third-order valence-corrected chi connectivity index (χ3v) is 15.2. The molecule has 13 heteroatoms. The summed E-state index contributed by atoms with van der Waals surface area (Å²) in [5.41, 5.74) is -2.47. The molecule has 5 rings (SSSR count). The van der Waals surface area contributed by atoms with Gasteiger partial charge in [-0.15, -0.1) is 0 Å². The van der Waals surface area contributed by atoms with Crippen LogP contribution in [0.5, 0.6) is 0 Å². The van der Waals surface area contributed by atoms with E-state index in [9.17, 15) is 29.7 Å². The van der Waals surface area contributed by atoms with E-state index in [1.54, 1.807) is 27.7 Å². The van der Waals surface area contributed by atoms with Crippen molar-refractivity contribution in [1.82, 2.24) is 5.32 Å². The maximum Gasteiger partial charge on any atom is 0.408 e. The average Bonchev–Trinajstić information content (AvgIpc) is 3.52. The molecule has 0 aromatic carbocycles. The molecule has 1 amide bonds. The Morgan fingerprint density at radius 3 is 2.15 bits per heavy atom. The van der Waals surface area contributed by atoms with Crippen molar-refractivity contribution in [2.24, 2.45) is 41.4 Å². The van der Waals surface area contributed by atoms with E-state index < -0.39 is 101 Å². The second-order valence-corrected chi connectivity index (χ2v) is 20.6. The maximum absolute atomic E-state index is 14.6. The van der Waals surface area contributed by atoms with Gasteiger partial charge in [-0.2, -0.15) is 0 Å². The number of carboxylic acid groups (broad SMARTS) is 1. The van der Waals surface area contributed by atoms with Crippen LogP contribution in [0.1, 0.15) is 154 Å². The minimum atomic E-state index is -1.37. The first-order chi connectivity index (χ1) is 27.9. The Labute approximate surface area is 359 Å². The third kappa shape index (κ3) is 9.82. The monoisotopic (exact) mass is 850 g/mol. The normalized spacial score (nSPS) is 42.3. The van der Waals surface area contributed by atoms with Crippen LogP contribution in [0.4, 0.5) is 4.79 Å². The van der Waals surface area contributed by atoms with Crippen molar-refractivity contribution in [3.63, 3.8) is 0 Å². The van der Waals surface area contributed by atoms with E-state index in [2.05, 4.69) is 26.1 Å². The number of carbonyl (C=O) groups is 3. The van der Waals surface area contributed by atoms with Crippen LogP contribution in [0.2, 0.25) is 0 Å². The fourth-order valence-electron chi connectivity index (χ4n) is 11.1. The van der Waals surface area contributed by atoms with E-state index in [1.165, 1.54) is 0 Å². The number of carboxylic acids is 1. The number of Topliss-reactive ketones (excluding diaryl/α,β-unsaturated/α-hetero) is 1. The second-order valence-electron chi connectivity index (χ2n) is 20.6. The molecular weight excluding hydrogens is 771 g/mol. The fourth-order valence-corrected chi connectivity index (χ4v) is 11.1. The summed E-state index contributed by atoms with van der Waals surface area (Å²) >= 11 is 0. The van der Waals surface area contributed by atoms with Crippen LogP contribution in [-0.2, 0) is 38.0 Å². The highest BCUT2D eigenvalue weighted by molar-refractivity contribution is 5.84. The fraction of sp³-hybridized carbons (Fsp3) is 0.894. The Morgan fingerprint density at radius 1 is 0.900 bits per heavy atom. The van der Waals surface area contributed by atoms with Crippen LogP contribution in [0.15, 0.2) is 12.2 Å². The van der Waals surface area contributed by atoms with Crippen LogP contribution in [0.3, 0.4) is 0 Å².